The first-order chi connectivity index (χ1) is 6.38. The Morgan fingerprint density at radius 2 is 2.20 bits per heavy atom. The molecule has 1 unspecified atom stereocenters. The zero-order valence-corrected chi connectivity index (χ0v) is 10.4. The van der Waals surface area contributed by atoms with Gasteiger partial charge in [0.15, 0.2) is 0 Å². The van der Waals surface area contributed by atoms with Crippen LogP contribution in [0.5, 0.6) is 0 Å². The van der Waals surface area contributed by atoms with Crippen LogP contribution in [-0.4, -0.2) is 30.7 Å². The van der Waals surface area contributed by atoms with Gasteiger partial charge in [-0.25, -0.2) is 4.98 Å². The molecule has 1 aromatic rings. The Kier molecular flexibility index (Phi) is 6.65. The second-order valence-electron chi connectivity index (χ2n) is 3.43. The maximum atomic E-state index is 4.35. The molecule has 0 radical (unpaired) electrons. The normalized spacial score (nSPS) is 20.1. The fourth-order valence-electron chi connectivity index (χ4n) is 1.71. The predicted molar refractivity (Wildman–Crippen MR) is 68.4 cm³/mol. The molecule has 1 fully saturated rings. The Morgan fingerprint density at radius 3 is 2.80 bits per heavy atom. The largest absolute Gasteiger partial charge is 0.351 e. The highest BCUT2D eigenvalue weighted by molar-refractivity contribution is 5.85. The molecule has 0 saturated carbocycles. The Balaban J connectivity index is 0.000000980. The molecule has 1 saturated heterocycles. The van der Waals surface area contributed by atoms with E-state index in [0.29, 0.717) is 6.04 Å². The van der Waals surface area contributed by atoms with Crippen LogP contribution in [0.3, 0.4) is 0 Å². The molecule has 2 rings (SSSR count). The van der Waals surface area contributed by atoms with Gasteiger partial charge in [0.1, 0.15) is 5.82 Å². The van der Waals surface area contributed by atoms with E-state index in [4.69, 9.17) is 0 Å². The number of nitrogens with zero attached hydrogens (tertiary/aromatic N) is 2. The van der Waals surface area contributed by atoms with E-state index in [0.717, 1.165) is 25.5 Å². The van der Waals surface area contributed by atoms with E-state index in [1.54, 1.807) is 0 Å². The first-order valence-corrected chi connectivity index (χ1v) is 4.76. The number of nitrogens with one attached hydrogen (secondary N) is 1. The van der Waals surface area contributed by atoms with Crippen molar-refractivity contribution in [2.45, 2.75) is 13.0 Å². The topological polar surface area (TPSA) is 28.2 Å². The number of hydrogen-bond acceptors (Lipinski definition) is 3. The number of rotatable bonds is 1. The van der Waals surface area contributed by atoms with E-state index in [9.17, 15) is 0 Å². The number of aromatic nitrogens is 1. The van der Waals surface area contributed by atoms with Gasteiger partial charge in [-0.3, -0.25) is 0 Å². The average Bonchev–Trinajstić information content (AvgIpc) is 2.20. The van der Waals surface area contributed by atoms with Crippen LogP contribution in [-0.2, 0) is 0 Å². The van der Waals surface area contributed by atoms with E-state index < -0.39 is 0 Å². The molecular formula is C10H17Cl2N3. The lowest BCUT2D eigenvalue weighted by molar-refractivity contribution is 0.497. The van der Waals surface area contributed by atoms with Crippen molar-refractivity contribution in [3.8, 4) is 0 Å². The maximum absolute atomic E-state index is 4.35. The van der Waals surface area contributed by atoms with Gasteiger partial charge in [0.2, 0.25) is 0 Å². The summed E-state index contributed by atoms with van der Waals surface area (Å²) in [5.74, 6) is 1.09. The molecule has 2 heterocycles. The van der Waals surface area contributed by atoms with Crippen LogP contribution in [0.4, 0.5) is 5.82 Å². The van der Waals surface area contributed by atoms with E-state index in [1.165, 1.54) is 0 Å². The smallest absolute Gasteiger partial charge is 0.128 e. The number of halogens is 2. The van der Waals surface area contributed by atoms with E-state index in [1.807, 2.05) is 18.3 Å². The fourth-order valence-corrected chi connectivity index (χ4v) is 1.71. The molecule has 0 spiro atoms. The Bertz CT molecular complexity index is 269. The minimum atomic E-state index is 0. The monoisotopic (exact) mass is 249 g/mol. The lowest BCUT2D eigenvalue weighted by atomic mass is 10.2. The molecular weight excluding hydrogens is 233 g/mol. The van der Waals surface area contributed by atoms with Crippen molar-refractivity contribution in [2.75, 3.05) is 24.5 Å². The highest BCUT2D eigenvalue weighted by atomic mass is 35.5. The highest BCUT2D eigenvalue weighted by Crippen LogP contribution is 2.13. The van der Waals surface area contributed by atoms with Gasteiger partial charge in [0.25, 0.3) is 0 Å². The maximum Gasteiger partial charge on any atom is 0.128 e. The summed E-state index contributed by atoms with van der Waals surface area (Å²) in [4.78, 5) is 6.69. The van der Waals surface area contributed by atoms with E-state index in [2.05, 4.69) is 28.2 Å². The second-order valence-corrected chi connectivity index (χ2v) is 3.43. The molecule has 86 valence electrons. The summed E-state index contributed by atoms with van der Waals surface area (Å²) < 4.78 is 0. The molecule has 0 amide bonds. The SMILES string of the molecule is CC1CNCCN1c1ccccn1.Cl.Cl. The Labute approximate surface area is 103 Å². The molecule has 15 heavy (non-hydrogen) atoms. The second kappa shape index (κ2) is 6.88. The highest BCUT2D eigenvalue weighted by Gasteiger charge is 2.18. The minimum absolute atomic E-state index is 0. The molecule has 1 aliphatic heterocycles. The summed E-state index contributed by atoms with van der Waals surface area (Å²) >= 11 is 0. The molecule has 3 nitrogen and oxygen atoms in total. The lowest BCUT2D eigenvalue weighted by Crippen LogP contribution is -2.50. The quantitative estimate of drug-likeness (QED) is 0.822. The zero-order valence-electron chi connectivity index (χ0n) is 8.72. The van der Waals surface area contributed by atoms with Gasteiger partial charge in [-0.1, -0.05) is 6.07 Å². The molecule has 1 N–H and O–H groups in total. The molecule has 1 aliphatic rings. The summed E-state index contributed by atoms with van der Waals surface area (Å²) in [6, 6.07) is 6.61. The number of piperazine rings is 1. The number of pyridine rings is 1. The van der Waals surface area contributed by atoms with Crippen molar-refractivity contribution in [3.63, 3.8) is 0 Å². The van der Waals surface area contributed by atoms with Crippen LogP contribution in [0.15, 0.2) is 24.4 Å². The van der Waals surface area contributed by atoms with Crippen LogP contribution in [0.2, 0.25) is 0 Å². The van der Waals surface area contributed by atoms with E-state index >= 15 is 0 Å². The summed E-state index contributed by atoms with van der Waals surface area (Å²) in [6.07, 6.45) is 1.85. The lowest BCUT2D eigenvalue weighted by Gasteiger charge is -2.34. The van der Waals surface area contributed by atoms with Gasteiger partial charge in [0.05, 0.1) is 0 Å². The van der Waals surface area contributed by atoms with Crippen LogP contribution in [0.1, 0.15) is 6.92 Å². The third-order valence-corrected chi connectivity index (χ3v) is 2.44. The van der Waals surface area contributed by atoms with E-state index in [-0.39, 0.29) is 24.8 Å². The van der Waals surface area contributed by atoms with Crippen molar-refractivity contribution in [1.29, 1.82) is 0 Å². The summed E-state index contributed by atoms with van der Waals surface area (Å²) in [5.41, 5.74) is 0. The molecule has 1 atom stereocenters. The van der Waals surface area contributed by atoms with Crippen molar-refractivity contribution in [1.82, 2.24) is 10.3 Å². The fraction of sp³-hybridized carbons (Fsp3) is 0.500. The van der Waals surface area contributed by atoms with Gasteiger partial charge in [-0.2, -0.15) is 0 Å². The third-order valence-electron chi connectivity index (χ3n) is 2.44. The molecule has 0 aromatic carbocycles. The van der Waals surface area contributed by atoms with Crippen molar-refractivity contribution < 1.29 is 0 Å². The van der Waals surface area contributed by atoms with Crippen LogP contribution < -0.4 is 10.2 Å². The molecule has 5 heteroatoms. The third kappa shape index (κ3) is 3.52. The average molecular weight is 250 g/mol. The number of hydrogen-bond donors (Lipinski definition) is 1. The molecule has 0 aliphatic carbocycles. The standard InChI is InChI=1S/C10H15N3.2ClH/c1-9-8-11-6-7-13(9)10-4-2-3-5-12-10;;/h2-5,9,11H,6-8H2,1H3;2*1H. The molecule has 1 aromatic heterocycles. The summed E-state index contributed by atoms with van der Waals surface area (Å²) in [6.45, 7) is 5.39. The van der Waals surface area contributed by atoms with Gasteiger partial charge < -0.3 is 10.2 Å². The van der Waals surface area contributed by atoms with Gasteiger partial charge in [-0.15, -0.1) is 24.8 Å². The predicted octanol–water partition coefficient (Wildman–Crippen LogP) is 1.72. The van der Waals surface area contributed by atoms with Crippen molar-refractivity contribution in [2.24, 2.45) is 0 Å². The van der Waals surface area contributed by atoms with Crippen LogP contribution in [0, 0.1) is 0 Å². The van der Waals surface area contributed by atoms with Crippen LogP contribution >= 0.6 is 24.8 Å². The summed E-state index contributed by atoms with van der Waals surface area (Å²) in [5, 5.41) is 3.36. The van der Waals surface area contributed by atoms with Crippen LogP contribution in [0.25, 0.3) is 0 Å². The Hall–Kier alpha value is -0.510. The zero-order chi connectivity index (χ0) is 9.10. The molecule has 0 bridgehead atoms. The number of anilines is 1. The first kappa shape index (κ1) is 14.5. The summed E-state index contributed by atoms with van der Waals surface area (Å²) in [7, 11) is 0. The van der Waals surface area contributed by atoms with Gasteiger partial charge >= 0.3 is 0 Å². The van der Waals surface area contributed by atoms with Gasteiger partial charge in [-0.05, 0) is 19.1 Å². The first-order valence-electron chi connectivity index (χ1n) is 4.76. The Morgan fingerprint density at radius 1 is 1.40 bits per heavy atom. The van der Waals surface area contributed by atoms with Gasteiger partial charge in [0, 0.05) is 31.9 Å². The van der Waals surface area contributed by atoms with Crippen molar-refractivity contribution >= 4 is 30.6 Å². The minimum Gasteiger partial charge on any atom is -0.351 e. The van der Waals surface area contributed by atoms with Crippen molar-refractivity contribution in [3.05, 3.63) is 24.4 Å².